The number of benzene rings is 1. The maximum atomic E-state index is 13.6. The third-order valence-corrected chi connectivity index (χ3v) is 3.27. The molecule has 0 amide bonds. The Kier molecular flexibility index (Phi) is 6.15. The van der Waals surface area contributed by atoms with Crippen molar-refractivity contribution in [3.63, 3.8) is 0 Å². The molecule has 0 aliphatic carbocycles. The molecule has 0 bridgehead atoms. The molecule has 1 rings (SSSR count). The lowest BCUT2D eigenvalue weighted by Gasteiger charge is -2.36. The summed E-state index contributed by atoms with van der Waals surface area (Å²) in [5.74, 6) is -26.2. The predicted octanol–water partition coefficient (Wildman–Crippen LogP) is 4.48. The van der Waals surface area contributed by atoms with E-state index in [0.717, 1.165) is 6.07 Å². The second-order valence-electron chi connectivity index (χ2n) is 5.39. The summed E-state index contributed by atoms with van der Waals surface area (Å²) in [6.45, 7) is -2.84. The van der Waals surface area contributed by atoms with Crippen molar-refractivity contribution in [3.05, 3.63) is 29.8 Å². The average Bonchev–Trinajstić information content (AvgIpc) is 2.51. The van der Waals surface area contributed by atoms with E-state index in [1.807, 2.05) is 0 Å². The van der Waals surface area contributed by atoms with Gasteiger partial charge in [0.25, 0.3) is 0 Å². The molecular weight excluding hydrogens is 380 g/mol. The van der Waals surface area contributed by atoms with Crippen molar-refractivity contribution in [3.8, 4) is 5.75 Å². The topological polar surface area (TPSA) is 35.5 Å². The quantitative estimate of drug-likeness (QED) is 0.482. The van der Waals surface area contributed by atoms with Crippen molar-refractivity contribution in [1.82, 2.24) is 0 Å². The summed E-state index contributed by atoms with van der Waals surface area (Å²) in [4.78, 5) is 10.4. The molecule has 0 heterocycles. The highest BCUT2D eigenvalue weighted by molar-refractivity contribution is 5.65. The van der Waals surface area contributed by atoms with E-state index in [0.29, 0.717) is 6.92 Å². The lowest BCUT2D eigenvalue weighted by atomic mass is 9.99. The summed E-state index contributed by atoms with van der Waals surface area (Å²) in [6.07, 6.45) is 0. The second-order valence-corrected chi connectivity index (χ2v) is 5.39. The van der Waals surface area contributed by atoms with E-state index in [2.05, 4.69) is 9.47 Å². The van der Waals surface area contributed by atoms with Crippen LogP contribution in [0.3, 0.4) is 0 Å². The Morgan fingerprint density at radius 1 is 0.885 bits per heavy atom. The first-order chi connectivity index (χ1) is 11.7. The lowest BCUT2D eigenvalue weighted by molar-refractivity contribution is -0.373. The summed E-state index contributed by atoms with van der Waals surface area (Å²) in [7, 11) is 0. The van der Waals surface area contributed by atoms with Crippen LogP contribution in [0.25, 0.3) is 0 Å². The van der Waals surface area contributed by atoms with Crippen LogP contribution < -0.4 is 4.74 Å². The van der Waals surface area contributed by atoms with E-state index in [9.17, 15) is 39.9 Å². The van der Waals surface area contributed by atoms with Crippen LogP contribution in [0.2, 0.25) is 0 Å². The van der Waals surface area contributed by atoms with Gasteiger partial charge in [0.1, 0.15) is 5.75 Å². The van der Waals surface area contributed by atoms with E-state index in [-0.39, 0.29) is 11.3 Å². The van der Waals surface area contributed by atoms with Gasteiger partial charge in [-0.3, -0.25) is 4.79 Å². The zero-order valence-corrected chi connectivity index (χ0v) is 13.5. The Bertz CT molecular complexity index is 646. The number of carbonyl (C=O) groups excluding carboxylic acids is 1. The van der Waals surface area contributed by atoms with Gasteiger partial charge in [0, 0.05) is 6.92 Å². The fourth-order valence-electron chi connectivity index (χ4n) is 1.72. The summed E-state index contributed by atoms with van der Waals surface area (Å²) in [6, 6.07) is 5.25. The van der Waals surface area contributed by atoms with Crippen LogP contribution in [-0.2, 0) is 9.53 Å². The molecule has 0 spiro atoms. The highest BCUT2D eigenvalue weighted by atomic mass is 19.4. The number of hydrogen-bond acceptors (Lipinski definition) is 3. The van der Waals surface area contributed by atoms with E-state index in [1.165, 1.54) is 25.1 Å². The first-order valence-electron chi connectivity index (χ1n) is 6.99. The maximum Gasteiger partial charge on any atom is 0.381 e. The summed E-state index contributed by atoms with van der Waals surface area (Å²) < 4.78 is 116. The molecule has 0 unspecified atom stereocenters. The number of aryl methyl sites for hydroxylation is 1. The van der Waals surface area contributed by atoms with Gasteiger partial charge >= 0.3 is 29.7 Å². The average molecular weight is 394 g/mol. The summed E-state index contributed by atoms with van der Waals surface area (Å²) >= 11 is 0. The van der Waals surface area contributed by atoms with Crippen LogP contribution in [0.4, 0.5) is 35.1 Å². The van der Waals surface area contributed by atoms with Gasteiger partial charge in [0.2, 0.25) is 0 Å². The van der Waals surface area contributed by atoms with E-state index in [1.54, 1.807) is 0 Å². The van der Waals surface area contributed by atoms with Crippen molar-refractivity contribution in [2.75, 3.05) is 13.2 Å². The van der Waals surface area contributed by atoms with Gasteiger partial charge in [-0.05, 0) is 18.6 Å². The molecule has 26 heavy (non-hydrogen) atoms. The molecule has 1 aromatic rings. The number of carbonyl (C=O) groups is 1. The first-order valence-corrected chi connectivity index (χ1v) is 6.99. The number of ether oxygens (including phenoxy) is 2. The summed E-state index contributed by atoms with van der Waals surface area (Å²) in [5, 5.41) is 0. The Morgan fingerprint density at radius 3 is 1.81 bits per heavy atom. The molecule has 0 atom stereocenters. The lowest BCUT2D eigenvalue weighted by Crippen LogP contribution is -2.64. The zero-order chi connectivity index (χ0) is 20.4. The van der Waals surface area contributed by atoms with Crippen molar-refractivity contribution < 1.29 is 49.4 Å². The van der Waals surface area contributed by atoms with Crippen LogP contribution in [0.15, 0.2) is 24.3 Å². The van der Waals surface area contributed by atoms with Crippen molar-refractivity contribution in [2.45, 2.75) is 37.5 Å². The fourth-order valence-corrected chi connectivity index (χ4v) is 1.72. The predicted molar refractivity (Wildman–Crippen MR) is 73.1 cm³/mol. The number of hydrogen-bond donors (Lipinski definition) is 0. The van der Waals surface area contributed by atoms with Crippen LogP contribution in [-0.4, -0.2) is 42.9 Å². The van der Waals surface area contributed by atoms with Gasteiger partial charge in [-0.2, -0.15) is 35.1 Å². The molecule has 0 aromatic heterocycles. The SMILES string of the molecule is CC(=O)OCC(F)(F)C(F)(F)C(F)(F)C(F)(F)COc1ccccc1C. The van der Waals surface area contributed by atoms with E-state index < -0.39 is 42.9 Å². The number of para-hydroxylation sites is 1. The molecule has 0 fully saturated rings. The molecular formula is C15H14F8O3. The smallest absolute Gasteiger partial charge is 0.381 e. The standard InChI is InChI=1S/C15H14F8O3/c1-9-5-3-4-6-11(9)26-8-13(18,19)15(22,23)14(20,21)12(16,17)7-25-10(2)24/h3-6H,7-8H2,1-2H3. The molecule has 0 saturated carbocycles. The number of esters is 1. The van der Waals surface area contributed by atoms with Crippen molar-refractivity contribution >= 4 is 5.97 Å². The molecule has 11 heteroatoms. The number of alkyl halides is 8. The van der Waals surface area contributed by atoms with Crippen LogP contribution >= 0.6 is 0 Å². The third-order valence-electron chi connectivity index (χ3n) is 3.27. The fraction of sp³-hybridized carbons (Fsp3) is 0.533. The second kappa shape index (κ2) is 7.28. The minimum absolute atomic E-state index is 0.235. The Morgan fingerprint density at radius 2 is 1.35 bits per heavy atom. The van der Waals surface area contributed by atoms with E-state index in [4.69, 9.17) is 0 Å². The van der Waals surface area contributed by atoms with Crippen molar-refractivity contribution in [1.29, 1.82) is 0 Å². The van der Waals surface area contributed by atoms with Gasteiger partial charge in [-0.1, -0.05) is 18.2 Å². The maximum absolute atomic E-state index is 13.6. The Balaban J connectivity index is 3.03. The number of halogens is 8. The molecule has 0 aliphatic heterocycles. The van der Waals surface area contributed by atoms with Gasteiger partial charge in [-0.25, -0.2) is 0 Å². The van der Waals surface area contributed by atoms with Crippen molar-refractivity contribution in [2.24, 2.45) is 0 Å². The largest absolute Gasteiger partial charge is 0.487 e. The summed E-state index contributed by atoms with van der Waals surface area (Å²) in [5.41, 5.74) is 0.235. The molecule has 0 N–H and O–H groups in total. The van der Waals surface area contributed by atoms with Gasteiger partial charge in [0.05, 0.1) is 0 Å². The molecule has 148 valence electrons. The third kappa shape index (κ3) is 4.18. The van der Waals surface area contributed by atoms with Gasteiger partial charge in [0.15, 0.2) is 13.2 Å². The highest BCUT2D eigenvalue weighted by Gasteiger charge is 2.81. The minimum atomic E-state index is -6.52. The monoisotopic (exact) mass is 394 g/mol. The van der Waals surface area contributed by atoms with E-state index >= 15 is 0 Å². The normalized spacial score (nSPS) is 13.5. The molecule has 3 nitrogen and oxygen atoms in total. The molecule has 0 saturated heterocycles. The zero-order valence-electron chi connectivity index (χ0n) is 13.5. The molecule has 0 aliphatic rings. The Hall–Kier alpha value is -2.07. The highest BCUT2D eigenvalue weighted by Crippen LogP contribution is 2.52. The van der Waals surface area contributed by atoms with Gasteiger partial charge < -0.3 is 9.47 Å². The van der Waals surface area contributed by atoms with Crippen LogP contribution in [0.5, 0.6) is 5.75 Å². The first kappa shape index (κ1) is 22.0. The molecule has 0 radical (unpaired) electrons. The van der Waals surface area contributed by atoms with Crippen LogP contribution in [0.1, 0.15) is 12.5 Å². The molecule has 1 aromatic carbocycles. The Labute approximate surface area is 142 Å². The van der Waals surface area contributed by atoms with Crippen LogP contribution in [0, 0.1) is 6.92 Å². The number of rotatable bonds is 8. The minimum Gasteiger partial charge on any atom is -0.487 e. The van der Waals surface area contributed by atoms with Gasteiger partial charge in [-0.15, -0.1) is 0 Å².